The number of carbonyl (C=O) groups is 1. The third-order valence-electron chi connectivity index (χ3n) is 1.73. The lowest BCUT2D eigenvalue weighted by Crippen LogP contribution is -1.85. The van der Waals surface area contributed by atoms with Crippen molar-refractivity contribution < 1.29 is 4.79 Å². The molecule has 0 unspecified atom stereocenters. The van der Waals surface area contributed by atoms with E-state index in [2.05, 4.69) is 14.7 Å². The van der Waals surface area contributed by atoms with Gasteiger partial charge in [-0.2, -0.15) is 8.75 Å². The smallest absolute Gasteiger partial charge is 0.152 e. The number of rotatable bonds is 1. The van der Waals surface area contributed by atoms with Crippen molar-refractivity contribution >= 4 is 29.0 Å². The zero-order valence-corrected chi connectivity index (χ0v) is 7.34. The highest BCUT2D eigenvalue weighted by molar-refractivity contribution is 7.00. The van der Waals surface area contributed by atoms with Gasteiger partial charge in [0.05, 0.1) is 17.3 Å². The number of terminal acetylenes is 1. The van der Waals surface area contributed by atoms with Crippen LogP contribution in [0.4, 0.5) is 0 Å². The zero-order valence-electron chi connectivity index (χ0n) is 6.52. The molecular formula is C9H4N2OS. The van der Waals surface area contributed by atoms with E-state index in [1.54, 1.807) is 12.1 Å². The van der Waals surface area contributed by atoms with Crippen LogP contribution >= 0.6 is 11.7 Å². The molecule has 3 nitrogen and oxygen atoms in total. The van der Waals surface area contributed by atoms with E-state index in [0.717, 1.165) is 18.0 Å². The molecule has 1 heterocycles. The van der Waals surface area contributed by atoms with E-state index in [4.69, 9.17) is 6.42 Å². The highest BCUT2D eigenvalue weighted by atomic mass is 32.1. The van der Waals surface area contributed by atoms with Crippen molar-refractivity contribution in [3.63, 3.8) is 0 Å². The Balaban J connectivity index is 2.91. The molecule has 0 saturated heterocycles. The average Bonchev–Trinajstić information content (AvgIpc) is 2.64. The third-order valence-corrected chi connectivity index (χ3v) is 2.26. The van der Waals surface area contributed by atoms with E-state index >= 15 is 0 Å². The number of nitrogens with zero attached hydrogens (tertiary/aromatic N) is 2. The minimum absolute atomic E-state index is 0.530. The van der Waals surface area contributed by atoms with Gasteiger partial charge in [-0.05, 0) is 12.1 Å². The molecule has 0 aliphatic carbocycles. The molecule has 2 rings (SSSR count). The number of aromatic nitrogens is 2. The highest BCUT2D eigenvalue weighted by Gasteiger charge is 2.07. The van der Waals surface area contributed by atoms with Crippen LogP contribution in [0.1, 0.15) is 15.9 Å². The Morgan fingerprint density at radius 2 is 2.15 bits per heavy atom. The minimum atomic E-state index is 0.530. The Hall–Kier alpha value is -1.73. The van der Waals surface area contributed by atoms with Gasteiger partial charge in [0.15, 0.2) is 6.29 Å². The maximum absolute atomic E-state index is 10.6. The van der Waals surface area contributed by atoms with E-state index in [0.29, 0.717) is 22.2 Å². The summed E-state index contributed by atoms with van der Waals surface area (Å²) in [4.78, 5) is 10.6. The summed E-state index contributed by atoms with van der Waals surface area (Å²) in [5.41, 5.74) is 2.43. The fraction of sp³-hybridized carbons (Fsp3) is 0. The average molecular weight is 188 g/mol. The van der Waals surface area contributed by atoms with Crippen molar-refractivity contribution in [2.45, 2.75) is 0 Å². The van der Waals surface area contributed by atoms with E-state index in [1.165, 1.54) is 0 Å². The second kappa shape index (κ2) is 2.96. The topological polar surface area (TPSA) is 42.9 Å². The van der Waals surface area contributed by atoms with Crippen LogP contribution in [0, 0.1) is 12.3 Å². The summed E-state index contributed by atoms with van der Waals surface area (Å²) >= 11 is 1.06. The summed E-state index contributed by atoms with van der Waals surface area (Å²) in [6.07, 6.45) is 6.02. The standard InChI is InChI=1S/C9H4N2OS/c1-2-6-3-4-7(5-12)9-8(6)10-13-11-9/h1,3-5H. The summed E-state index contributed by atoms with van der Waals surface area (Å²) in [7, 11) is 0. The van der Waals surface area contributed by atoms with Gasteiger partial charge in [0.2, 0.25) is 0 Å². The number of benzene rings is 1. The van der Waals surface area contributed by atoms with Crippen molar-refractivity contribution in [1.82, 2.24) is 8.75 Å². The van der Waals surface area contributed by atoms with Crippen LogP contribution in [0.5, 0.6) is 0 Å². The molecule has 0 fully saturated rings. The van der Waals surface area contributed by atoms with Gasteiger partial charge in [-0.15, -0.1) is 6.42 Å². The van der Waals surface area contributed by atoms with Gasteiger partial charge in [-0.3, -0.25) is 4.79 Å². The lowest BCUT2D eigenvalue weighted by atomic mass is 10.1. The molecule has 13 heavy (non-hydrogen) atoms. The van der Waals surface area contributed by atoms with Crippen molar-refractivity contribution in [2.75, 3.05) is 0 Å². The molecule has 0 saturated carbocycles. The van der Waals surface area contributed by atoms with E-state index in [9.17, 15) is 4.79 Å². The summed E-state index contributed by atoms with van der Waals surface area (Å²) in [6, 6.07) is 3.36. The maximum atomic E-state index is 10.6. The molecule has 4 heteroatoms. The van der Waals surface area contributed by atoms with Crippen LogP contribution in [0.15, 0.2) is 12.1 Å². The van der Waals surface area contributed by atoms with Crippen LogP contribution in [0.25, 0.3) is 11.0 Å². The molecule has 1 aromatic carbocycles. The lowest BCUT2D eigenvalue weighted by molar-refractivity contribution is 0.112. The number of carbonyl (C=O) groups excluding carboxylic acids is 1. The molecule has 0 spiro atoms. The van der Waals surface area contributed by atoms with E-state index < -0.39 is 0 Å². The quantitative estimate of drug-likeness (QED) is 0.503. The van der Waals surface area contributed by atoms with Crippen molar-refractivity contribution in [3.05, 3.63) is 23.3 Å². The maximum Gasteiger partial charge on any atom is 0.152 e. The Kier molecular flexibility index (Phi) is 1.80. The first-order valence-electron chi connectivity index (χ1n) is 3.54. The van der Waals surface area contributed by atoms with Crippen LogP contribution in [-0.4, -0.2) is 15.0 Å². The summed E-state index contributed by atoms with van der Waals surface area (Å²) in [5, 5.41) is 0. The van der Waals surface area contributed by atoms with Gasteiger partial charge in [0.1, 0.15) is 11.0 Å². The van der Waals surface area contributed by atoms with Gasteiger partial charge in [-0.1, -0.05) is 5.92 Å². The molecule has 0 amide bonds. The largest absolute Gasteiger partial charge is 0.298 e. The monoisotopic (exact) mass is 188 g/mol. The van der Waals surface area contributed by atoms with Gasteiger partial charge < -0.3 is 0 Å². The number of aldehydes is 1. The number of hydrogen-bond donors (Lipinski definition) is 0. The number of hydrogen-bond acceptors (Lipinski definition) is 4. The first-order valence-corrected chi connectivity index (χ1v) is 4.27. The van der Waals surface area contributed by atoms with Gasteiger partial charge in [-0.25, -0.2) is 0 Å². The molecule has 0 atom stereocenters. The number of fused-ring (bicyclic) bond motifs is 1. The Morgan fingerprint density at radius 1 is 1.38 bits per heavy atom. The lowest BCUT2D eigenvalue weighted by Gasteiger charge is -1.93. The van der Waals surface area contributed by atoms with Gasteiger partial charge in [0, 0.05) is 5.56 Å². The van der Waals surface area contributed by atoms with Crippen LogP contribution in [-0.2, 0) is 0 Å². The predicted octanol–water partition coefficient (Wildman–Crippen LogP) is 1.49. The Bertz CT molecular complexity index is 510. The minimum Gasteiger partial charge on any atom is -0.298 e. The second-order valence-corrected chi connectivity index (χ2v) is 2.95. The zero-order chi connectivity index (χ0) is 9.26. The van der Waals surface area contributed by atoms with Crippen LogP contribution in [0.2, 0.25) is 0 Å². The molecule has 62 valence electrons. The van der Waals surface area contributed by atoms with Crippen molar-refractivity contribution in [3.8, 4) is 12.3 Å². The fourth-order valence-corrected chi connectivity index (χ4v) is 1.68. The molecule has 0 bridgehead atoms. The Morgan fingerprint density at radius 3 is 2.85 bits per heavy atom. The summed E-state index contributed by atoms with van der Waals surface area (Å²) in [5.74, 6) is 2.50. The molecule has 1 aromatic heterocycles. The Labute approximate surface area is 78.7 Å². The molecular weight excluding hydrogens is 184 g/mol. The highest BCUT2D eigenvalue weighted by Crippen LogP contribution is 2.18. The van der Waals surface area contributed by atoms with E-state index in [1.807, 2.05) is 0 Å². The SMILES string of the molecule is C#Cc1ccc(C=O)c2nsnc12. The molecule has 0 aliphatic rings. The van der Waals surface area contributed by atoms with Crippen LogP contribution < -0.4 is 0 Å². The van der Waals surface area contributed by atoms with E-state index in [-0.39, 0.29) is 0 Å². The van der Waals surface area contributed by atoms with Crippen molar-refractivity contribution in [2.24, 2.45) is 0 Å². The molecule has 0 N–H and O–H groups in total. The molecule has 2 aromatic rings. The summed E-state index contributed by atoms with van der Waals surface area (Å²) in [6.45, 7) is 0. The van der Waals surface area contributed by atoms with Crippen molar-refractivity contribution in [1.29, 1.82) is 0 Å². The predicted molar refractivity (Wildman–Crippen MR) is 50.7 cm³/mol. The van der Waals surface area contributed by atoms with Crippen LogP contribution in [0.3, 0.4) is 0 Å². The first-order chi connectivity index (χ1) is 6.36. The fourth-order valence-electron chi connectivity index (χ4n) is 1.10. The molecule has 0 radical (unpaired) electrons. The normalized spacial score (nSPS) is 9.77. The third kappa shape index (κ3) is 1.10. The molecule has 0 aliphatic heterocycles. The van der Waals surface area contributed by atoms with Gasteiger partial charge >= 0.3 is 0 Å². The summed E-state index contributed by atoms with van der Waals surface area (Å²) < 4.78 is 8.03. The second-order valence-electron chi connectivity index (χ2n) is 2.43. The van der Waals surface area contributed by atoms with Gasteiger partial charge in [0.25, 0.3) is 0 Å². The first kappa shape index (κ1) is 7.90.